The molecule has 3 nitrogen and oxygen atoms in total. The summed E-state index contributed by atoms with van der Waals surface area (Å²) >= 11 is 0. The first-order valence-electron chi connectivity index (χ1n) is 7.03. The van der Waals surface area contributed by atoms with Crippen molar-refractivity contribution in [3.05, 3.63) is 23.8 Å². The number of ether oxygens (including phenoxy) is 2. The summed E-state index contributed by atoms with van der Waals surface area (Å²) in [6, 6.07) is 8.26. The van der Waals surface area contributed by atoms with Gasteiger partial charge in [-0.1, -0.05) is 6.42 Å². The molecule has 1 heterocycles. The molecule has 1 aliphatic heterocycles. The minimum Gasteiger partial charge on any atom is -0.497 e. The van der Waals surface area contributed by atoms with Crippen LogP contribution in [0.4, 0.5) is 0 Å². The molecule has 1 aromatic carbocycles. The van der Waals surface area contributed by atoms with E-state index in [1.807, 2.05) is 18.2 Å². The molecule has 1 atom stereocenters. The van der Waals surface area contributed by atoms with Crippen LogP contribution in [-0.2, 0) is 0 Å². The van der Waals surface area contributed by atoms with Gasteiger partial charge in [0.15, 0.2) is 0 Å². The molecule has 0 amide bonds. The lowest BCUT2D eigenvalue weighted by Crippen LogP contribution is -2.42. The van der Waals surface area contributed by atoms with Gasteiger partial charge in [0, 0.05) is 12.0 Å². The Morgan fingerprint density at radius 1 is 1.32 bits per heavy atom. The average molecular weight is 257 g/mol. The van der Waals surface area contributed by atoms with Gasteiger partial charge >= 0.3 is 0 Å². The van der Waals surface area contributed by atoms with E-state index in [0.29, 0.717) is 0 Å². The van der Waals surface area contributed by atoms with Crippen LogP contribution in [0.25, 0.3) is 0 Å². The lowest BCUT2D eigenvalue weighted by molar-refractivity contribution is 0.00663. The van der Waals surface area contributed by atoms with Gasteiger partial charge in [-0.3, -0.25) is 0 Å². The van der Waals surface area contributed by atoms with Crippen LogP contribution in [0.2, 0.25) is 0 Å². The second-order valence-corrected chi connectivity index (χ2v) is 5.64. The van der Waals surface area contributed by atoms with Crippen LogP contribution in [0.3, 0.4) is 0 Å². The average Bonchev–Trinajstić information content (AvgIpc) is 2.47. The molecule has 19 heavy (non-hydrogen) atoms. The van der Waals surface area contributed by atoms with Gasteiger partial charge in [-0.15, -0.1) is 0 Å². The van der Waals surface area contributed by atoms with Crippen LogP contribution in [0.1, 0.15) is 50.0 Å². The quantitative estimate of drug-likeness (QED) is 0.768. The zero-order chi connectivity index (χ0) is 13.3. The van der Waals surface area contributed by atoms with Gasteiger partial charge < -0.3 is 9.47 Å². The molecule has 0 N–H and O–H groups in total. The Kier molecular flexibility index (Phi) is 3.10. The normalized spacial score (nSPS) is 24.1. The summed E-state index contributed by atoms with van der Waals surface area (Å²) in [5, 5.41) is 9.47. The molecule has 0 radical (unpaired) electrons. The van der Waals surface area contributed by atoms with Crippen molar-refractivity contribution in [1.29, 1.82) is 5.26 Å². The smallest absolute Gasteiger partial charge is 0.124 e. The fraction of sp³-hybridized carbons (Fsp3) is 0.562. The van der Waals surface area contributed by atoms with Gasteiger partial charge in [0.25, 0.3) is 0 Å². The van der Waals surface area contributed by atoms with Crippen LogP contribution in [0.5, 0.6) is 11.5 Å². The van der Waals surface area contributed by atoms with Crippen molar-refractivity contribution < 1.29 is 9.47 Å². The second-order valence-electron chi connectivity index (χ2n) is 5.64. The lowest BCUT2D eigenvalue weighted by Gasteiger charge is -2.43. The summed E-state index contributed by atoms with van der Waals surface area (Å²) in [4.78, 5) is 0. The molecule has 1 spiro atoms. The Bertz CT molecular complexity index is 512. The summed E-state index contributed by atoms with van der Waals surface area (Å²) in [5.74, 6) is 1.60. The number of nitrogens with zero attached hydrogens (tertiary/aromatic N) is 1. The van der Waals surface area contributed by atoms with Crippen molar-refractivity contribution in [3.63, 3.8) is 0 Å². The summed E-state index contributed by atoms with van der Waals surface area (Å²) < 4.78 is 11.5. The first-order chi connectivity index (χ1) is 9.26. The van der Waals surface area contributed by atoms with Crippen LogP contribution < -0.4 is 9.47 Å². The van der Waals surface area contributed by atoms with Crippen LogP contribution in [0, 0.1) is 11.3 Å². The third-order valence-corrected chi connectivity index (χ3v) is 4.42. The molecule has 1 fully saturated rings. The highest BCUT2D eigenvalue weighted by Gasteiger charge is 2.41. The fourth-order valence-electron chi connectivity index (χ4n) is 3.39. The maximum atomic E-state index is 9.47. The van der Waals surface area contributed by atoms with Gasteiger partial charge in [0.2, 0.25) is 0 Å². The predicted molar refractivity (Wildman–Crippen MR) is 72.4 cm³/mol. The van der Waals surface area contributed by atoms with Crippen LogP contribution in [-0.4, -0.2) is 12.7 Å². The Labute approximate surface area is 114 Å². The SMILES string of the molecule is COc1ccc2c(c1)C(C#N)CC1(CCCCC1)O2. The molecule has 0 saturated heterocycles. The number of fused-ring (bicyclic) bond motifs is 1. The molecule has 2 aliphatic rings. The minimum atomic E-state index is -0.0970. The first kappa shape index (κ1) is 12.3. The van der Waals surface area contributed by atoms with E-state index in [1.165, 1.54) is 19.3 Å². The van der Waals surface area contributed by atoms with E-state index in [9.17, 15) is 5.26 Å². The Morgan fingerprint density at radius 3 is 2.79 bits per heavy atom. The monoisotopic (exact) mass is 257 g/mol. The van der Waals surface area contributed by atoms with Crippen molar-refractivity contribution >= 4 is 0 Å². The molecule has 100 valence electrons. The van der Waals surface area contributed by atoms with Gasteiger partial charge in [-0.2, -0.15) is 5.26 Å². The standard InChI is InChI=1S/C16H19NO2/c1-18-13-5-6-15-14(9-13)12(11-17)10-16(19-15)7-3-2-4-8-16/h5-6,9,12H,2-4,7-8,10H2,1H3. The third-order valence-electron chi connectivity index (χ3n) is 4.42. The molecule has 1 aliphatic carbocycles. The molecular weight excluding hydrogens is 238 g/mol. The number of nitriles is 1. The van der Waals surface area contributed by atoms with E-state index >= 15 is 0 Å². The first-order valence-corrected chi connectivity index (χ1v) is 7.03. The number of hydrogen-bond donors (Lipinski definition) is 0. The Morgan fingerprint density at radius 2 is 2.11 bits per heavy atom. The highest BCUT2D eigenvalue weighted by Crippen LogP contribution is 2.47. The van der Waals surface area contributed by atoms with Crippen LogP contribution >= 0.6 is 0 Å². The number of benzene rings is 1. The lowest BCUT2D eigenvalue weighted by atomic mass is 9.75. The van der Waals surface area contributed by atoms with E-state index in [0.717, 1.165) is 36.3 Å². The molecule has 0 bridgehead atoms. The molecule has 3 heteroatoms. The zero-order valence-corrected chi connectivity index (χ0v) is 11.3. The van der Waals surface area contributed by atoms with Crippen LogP contribution in [0.15, 0.2) is 18.2 Å². The fourth-order valence-corrected chi connectivity index (χ4v) is 3.39. The van der Waals surface area contributed by atoms with Gasteiger partial charge in [0.1, 0.15) is 17.1 Å². The van der Waals surface area contributed by atoms with Gasteiger partial charge in [0.05, 0.1) is 19.1 Å². The highest BCUT2D eigenvalue weighted by atomic mass is 16.5. The van der Waals surface area contributed by atoms with Gasteiger partial charge in [-0.05, 0) is 43.9 Å². The molecule has 0 aromatic heterocycles. The van der Waals surface area contributed by atoms with Crippen molar-refractivity contribution in [2.24, 2.45) is 0 Å². The van der Waals surface area contributed by atoms with E-state index in [-0.39, 0.29) is 11.5 Å². The summed E-state index contributed by atoms with van der Waals surface area (Å²) in [5.41, 5.74) is 0.887. The highest BCUT2D eigenvalue weighted by molar-refractivity contribution is 5.46. The third kappa shape index (κ3) is 2.16. The topological polar surface area (TPSA) is 42.2 Å². The molecule has 1 unspecified atom stereocenters. The molecule has 3 rings (SSSR count). The Balaban J connectivity index is 1.97. The number of hydrogen-bond acceptors (Lipinski definition) is 3. The summed E-state index contributed by atoms with van der Waals surface area (Å²) in [6.07, 6.45) is 6.70. The van der Waals surface area contributed by atoms with Crippen molar-refractivity contribution in [1.82, 2.24) is 0 Å². The summed E-state index contributed by atoms with van der Waals surface area (Å²) in [6.45, 7) is 0. The number of methoxy groups -OCH3 is 1. The Hall–Kier alpha value is -1.69. The van der Waals surface area contributed by atoms with Gasteiger partial charge in [-0.25, -0.2) is 0 Å². The van der Waals surface area contributed by atoms with Crippen molar-refractivity contribution in [3.8, 4) is 17.6 Å². The van der Waals surface area contributed by atoms with Crippen molar-refractivity contribution in [2.75, 3.05) is 7.11 Å². The molecular formula is C16H19NO2. The largest absolute Gasteiger partial charge is 0.497 e. The molecule has 1 aromatic rings. The van der Waals surface area contributed by atoms with E-state index < -0.39 is 0 Å². The second kappa shape index (κ2) is 4.77. The van der Waals surface area contributed by atoms with E-state index in [2.05, 4.69) is 6.07 Å². The minimum absolute atomic E-state index is 0.0723. The summed E-state index contributed by atoms with van der Waals surface area (Å²) in [7, 11) is 1.65. The molecule has 1 saturated carbocycles. The van der Waals surface area contributed by atoms with E-state index in [4.69, 9.17) is 9.47 Å². The zero-order valence-electron chi connectivity index (χ0n) is 11.3. The van der Waals surface area contributed by atoms with E-state index in [1.54, 1.807) is 7.11 Å². The van der Waals surface area contributed by atoms with Crippen molar-refractivity contribution in [2.45, 2.75) is 50.0 Å². The maximum Gasteiger partial charge on any atom is 0.124 e. The predicted octanol–water partition coefficient (Wildman–Crippen LogP) is 3.79. The maximum absolute atomic E-state index is 9.47. The number of rotatable bonds is 1.